The van der Waals surface area contributed by atoms with Crippen molar-refractivity contribution in [2.75, 3.05) is 19.8 Å². The minimum atomic E-state index is -0.167. The second-order valence-corrected chi connectivity index (χ2v) is 7.58. The number of aromatic nitrogens is 1. The largest absolute Gasteiger partial charge is 0.486 e. The molecule has 2 aromatic carbocycles. The van der Waals surface area contributed by atoms with Crippen LogP contribution in [0.2, 0.25) is 0 Å². The van der Waals surface area contributed by atoms with Crippen LogP contribution in [0.1, 0.15) is 30.0 Å². The van der Waals surface area contributed by atoms with Gasteiger partial charge >= 0.3 is 0 Å². The van der Waals surface area contributed by atoms with Crippen molar-refractivity contribution >= 4 is 0 Å². The molecule has 2 aliphatic heterocycles. The van der Waals surface area contributed by atoms with Crippen molar-refractivity contribution in [2.24, 2.45) is 0 Å². The summed E-state index contributed by atoms with van der Waals surface area (Å²) >= 11 is 0. The van der Waals surface area contributed by atoms with E-state index in [4.69, 9.17) is 9.47 Å². The topological polar surface area (TPSA) is 34.6 Å². The lowest BCUT2D eigenvalue weighted by Gasteiger charge is -2.27. The molecule has 0 radical (unpaired) electrons. The predicted octanol–water partition coefficient (Wildman–Crippen LogP) is 5.00. The molecule has 0 unspecified atom stereocenters. The van der Waals surface area contributed by atoms with Crippen LogP contribution in [-0.4, -0.2) is 29.6 Å². The van der Waals surface area contributed by atoms with E-state index in [2.05, 4.69) is 22.0 Å². The van der Waals surface area contributed by atoms with E-state index in [0.717, 1.165) is 47.6 Å². The number of benzene rings is 2. The number of hydrogen-bond donors (Lipinski definition) is 0. The Morgan fingerprint density at radius 3 is 2.72 bits per heavy atom. The number of fused-ring (bicyclic) bond motifs is 1. The van der Waals surface area contributed by atoms with Crippen LogP contribution in [0.15, 0.2) is 60.9 Å². The van der Waals surface area contributed by atoms with Crippen molar-refractivity contribution < 1.29 is 13.9 Å². The predicted molar refractivity (Wildman–Crippen MR) is 109 cm³/mol. The summed E-state index contributed by atoms with van der Waals surface area (Å²) in [4.78, 5) is 6.48. The van der Waals surface area contributed by atoms with Gasteiger partial charge < -0.3 is 9.47 Å². The SMILES string of the molecule is Fc1cc(-c2cccnc2)ccc1CN1CCC[C@H]1c1ccc2c(c1)OCCO2. The Bertz CT molecular complexity index is 1010. The highest BCUT2D eigenvalue weighted by atomic mass is 19.1. The number of rotatable bonds is 4. The van der Waals surface area contributed by atoms with Gasteiger partial charge in [-0.05, 0) is 54.8 Å². The van der Waals surface area contributed by atoms with Crippen molar-refractivity contribution in [1.29, 1.82) is 0 Å². The van der Waals surface area contributed by atoms with Crippen LogP contribution in [0.25, 0.3) is 11.1 Å². The van der Waals surface area contributed by atoms with Crippen LogP contribution in [0, 0.1) is 5.82 Å². The Balaban J connectivity index is 1.36. The van der Waals surface area contributed by atoms with E-state index in [9.17, 15) is 4.39 Å². The molecular weight excluding hydrogens is 367 g/mol. The first-order valence-electron chi connectivity index (χ1n) is 10.1. The molecule has 5 rings (SSSR count). The van der Waals surface area contributed by atoms with Gasteiger partial charge in [0.15, 0.2) is 11.5 Å². The van der Waals surface area contributed by atoms with Crippen LogP contribution in [-0.2, 0) is 6.54 Å². The zero-order valence-corrected chi connectivity index (χ0v) is 16.2. The first kappa shape index (κ1) is 18.1. The van der Waals surface area contributed by atoms with Crippen LogP contribution in [0.3, 0.4) is 0 Å². The van der Waals surface area contributed by atoms with Gasteiger partial charge in [-0.25, -0.2) is 4.39 Å². The number of hydrogen-bond acceptors (Lipinski definition) is 4. The minimum Gasteiger partial charge on any atom is -0.486 e. The summed E-state index contributed by atoms with van der Waals surface area (Å²) in [5.41, 5.74) is 3.71. The second kappa shape index (κ2) is 7.84. The molecule has 1 saturated heterocycles. The zero-order chi connectivity index (χ0) is 19.6. The third kappa shape index (κ3) is 3.70. The highest BCUT2D eigenvalue weighted by molar-refractivity contribution is 5.62. The lowest BCUT2D eigenvalue weighted by molar-refractivity contribution is 0.170. The van der Waals surface area contributed by atoms with Gasteiger partial charge in [0.1, 0.15) is 19.0 Å². The number of pyridine rings is 1. The van der Waals surface area contributed by atoms with Gasteiger partial charge in [-0.3, -0.25) is 9.88 Å². The highest BCUT2D eigenvalue weighted by Crippen LogP contribution is 2.39. The molecule has 0 saturated carbocycles. The van der Waals surface area contributed by atoms with Crippen LogP contribution >= 0.6 is 0 Å². The van der Waals surface area contributed by atoms with E-state index in [1.54, 1.807) is 18.5 Å². The molecule has 3 heterocycles. The van der Waals surface area contributed by atoms with Gasteiger partial charge in [0.25, 0.3) is 0 Å². The third-order valence-electron chi connectivity index (χ3n) is 5.74. The Labute approximate surface area is 169 Å². The van der Waals surface area contributed by atoms with Crippen molar-refractivity contribution in [3.63, 3.8) is 0 Å². The average molecular weight is 390 g/mol. The Kier molecular flexibility index (Phi) is 4.90. The molecule has 4 nitrogen and oxygen atoms in total. The fraction of sp³-hybridized carbons (Fsp3) is 0.292. The highest BCUT2D eigenvalue weighted by Gasteiger charge is 2.28. The molecule has 0 aliphatic carbocycles. The fourth-order valence-corrected chi connectivity index (χ4v) is 4.27. The number of halogens is 1. The molecule has 1 atom stereocenters. The minimum absolute atomic E-state index is 0.167. The second-order valence-electron chi connectivity index (χ2n) is 7.58. The molecular formula is C24H23FN2O2. The lowest BCUT2D eigenvalue weighted by atomic mass is 10.0. The summed E-state index contributed by atoms with van der Waals surface area (Å²) < 4.78 is 26.2. The maximum absolute atomic E-state index is 14.9. The van der Waals surface area contributed by atoms with Crippen molar-refractivity contribution in [3.05, 3.63) is 77.9 Å². The quantitative estimate of drug-likeness (QED) is 0.628. The summed E-state index contributed by atoms with van der Waals surface area (Å²) in [6.07, 6.45) is 5.65. The first-order valence-corrected chi connectivity index (χ1v) is 10.1. The molecule has 0 bridgehead atoms. The normalized spacial score (nSPS) is 18.7. The summed E-state index contributed by atoms with van der Waals surface area (Å²) in [6, 6.07) is 15.7. The van der Waals surface area contributed by atoms with Crippen molar-refractivity contribution in [1.82, 2.24) is 9.88 Å². The van der Waals surface area contributed by atoms with Gasteiger partial charge in [-0.1, -0.05) is 24.3 Å². The van der Waals surface area contributed by atoms with Crippen LogP contribution in [0.5, 0.6) is 11.5 Å². The molecule has 5 heteroatoms. The molecule has 1 aromatic heterocycles. The molecule has 148 valence electrons. The molecule has 0 amide bonds. The van der Waals surface area contributed by atoms with E-state index >= 15 is 0 Å². The van der Waals surface area contributed by atoms with Crippen LogP contribution in [0.4, 0.5) is 4.39 Å². The molecule has 1 fully saturated rings. The standard InChI is InChI=1S/C24H23FN2O2/c25-21-13-17(19-3-1-9-26-15-19)5-6-20(21)16-27-10-2-4-22(27)18-7-8-23-24(14-18)29-12-11-28-23/h1,3,5-9,13-15,22H,2,4,10-12,16H2/t22-/m0/s1. The maximum atomic E-state index is 14.9. The number of likely N-dealkylation sites (tertiary alicyclic amines) is 1. The van der Waals surface area contributed by atoms with E-state index in [0.29, 0.717) is 19.8 Å². The third-order valence-corrected chi connectivity index (χ3v) is 5.74. The molecule has 0 N–H and O–H groups in total. The number of nitrogens with zero attached hydrogens (tertiary/aromatic N) is 2. The van der Waals surface area contributed by atoms with Crippen molar-refractivity contribution in [3.8, 4) is 22.6 Å². The molecule has 0 spiro atoms. The maximum Gasteiger partial charge on any atom is 0.161 e. The van der Waals surface area contributed by atoms with Gasteiger partial charge in [-0.2, -0.15) is 0 Å². The molecule has 2 aliphatic rings. The van der Waals surface area contributed by atoms with Gasteiger partial charge in [0.05, 0.1) is 0 Å². The van der Waals surface area contributed by atoms with E-state index in [1.807, 2.05) is 30.3 Å². The Morgan fingerprint density at radius 1 is 1.00 bits per heavy atom. The van der Waals surface area contributed by atoms with Gasteiger partial charge in [0, 0.05) is 36.1 Å². The number of ether oxygens (including phenoxy) is 2. The lowest BCUT2D eigenvalue weighted by Crippen LogP contribution is -2.23. The van der Waals surface area contributed by atoms with Crippen LogP contribution < -0.4 is 9.47 Å². The van der Waals surface area contributed by atoms with E-state index < -0.39 is 0 Å². The van der Waals surface area contributed by atoms with Gasteiger partial charge in [-0.15, -0.1) is 0 Å². The first-order chi connectivity index (χ1) is 14.3. The fourth-order valence-electron chi connectivity index (χ4n) is 4.27. The average Bonchev–Trinajstić information content (AvgIpc) is 3.23. The zero-order valence-electron chi connectivity index (χ0n) is 16.2. The summed E-state index contributed by atoms with van der Waals surface area (Å²) in [7, 11) is 0. The monoisotopic (exact) mass is 390 g/mol. The Hall–Kier alpha value is -2.92. The summed E-state index contributed by atoms with van der Waals surface area (Å²) in [6.45, 7) is 2.73. The molecule has 29 heavy (non-hydrogen) atoms. The Morgan fingerprint density at radius 2 is 1.90 bits per heavy atom. The summed E-state index contributed by atoms with van der Waals surface area (Å²) in [5, 5.41) is 0. The summed E-state index contributed by atoms with van der Waals surface area (Å²) in [5.74, 6) is 1.45. The van der Waals surface area contributed by atoms with E-state index in [-0.39, 0.29) is 11.9 Å². The smallest absolute Gasteiger partial charge is 0.161 e. The van der Waals surface area contributed by atoms with Crippen molar-refractivity contribution in [2.45, 2.75) is 25.4 Å². The molecule has 3 aromatic rings. The van der Waals surface area contributed by atoms with E-state index in [1.165, 1.54) is 5.56 Å². The van der Waals surface area contributed by atoms with Gasteiger partial charge in [0.2, 0.25) is 0 Å².